The number of carbonyl (C=O) groups is 1. The summed E-state index contributed by atoms with van der Waals surface area (Å²) in [5.74, 6) is 0.751. The van der Waals surface area contributed by atoms with Gasteiger partial charge in [-0.05, 0) is 54.2 Å². The Hall–Kier alpha value is -1.35. The van der Waals surface area contributed by atoms with Crippen molar-refractivity contribution < 1.29 is 13.9 Å². The van der Waals surface area contributed by atoms with Crippen LogP contribution in [0.5, 0.6) is 5.75 Å². The fourth-order valence-electron chi connectivity index (χ4n) is 3.47. The van der Waals surface area contributed by atoms with Gasteiger partial charge in [-0.15, -0.1) is 0 Å². The molecule has 0 N–H and O–H groups in total. The number of hydrogen-bond donors (Lipinski definition) is 0. The number of carbonyl (C=O) groups excluding carboxylic acids is 1. The summed E-state index contributed by atoms with van der Waals surface area (Å²) in [6.45, 7) is -0.371. The van der Waals surface area contributed by atoms with E-state index in [1.165, 1.54) is 0 Å². The van der Waals surface area contributed by atoms with Gasteiger partial charge in [-0.1, -0.05) is 11.6 Å². The molecule has 106 valence electrons. The molecular formula is C16H16ClFO2. The van der Waals surface area contributed by atoms with E-state index < -0.39 is 0 Å². The predicted molar refractivity (Wildman–Crippen MR) is 77.0 cm³/mol. The molecule has 0 bridgehead atoms. The minimum Gasteiger partial charge on any atom is -0.495 e. The summed E-state index contributed by atoms with van der Waals surface area (Å²) in [4.78, 5) is 11.7. The quantitative estimate of drug-likeness (QED) is 0.842. The zero-order valence-corrected chi connectivity index (χ0v) is 12.1. The van der Waals surface area contributed by atoms with E-state index in [-0.39, 0.29) is 17.9 Å². The second-order valence-corrected chi connectivity index (χ2v) is 5.97. The summed E-state index contributed by atoms with van der Waals surface area (Å²) in [6, 6.07) is 3.77. The summed E-state index contributed by atoms with van der Waals surface area (Å²) in [5, 5.41) is 0.529. The standard InChI is InChI=1S/C16H16ClFO2/c1-20-15-6-10-9-16(4-5-18)3-2-11(19)7-13(16)12(10)8-14(15)17/h6-8H,2-5,9H2,1H3/t16-/m1/s1. The molecule has 0 heterocycles. The van der Waals surface area contributed by atoms with Crippen molar-refractivity contribution in [1.29, 1.82) is 0 Å². The normalized spacial score (nSPS) is 24.1. The van der Waals surface area contributed by atoms with Crippen LogP contribution >= 0.6 is 11.6 Å². The molecule has 2 nitrogen and oxygen atoms in total. The number of hydrogen-bond acceptors (Lipinski definition) is 2. The lowest BCUT2D eigenvalue weighted by molar-refractivity contribution is -0.115. The van der Waals surface area contributed by atoms with Gasteiger partial charge in [-0.2, -0.15) is 0 Å². The fraction of sp³-hybridized carbons (Fsp3) is 0.438. The van der Waals surface area contributed by atoms with Gasteiger partial charge in [0.15, 0.2) is 5.78 Å². The Morgan fingerprint density at radius 3 is 2.95 bits per heavy atom. The van der Waals surface area contributed by atoms with E-state index in [1.54, 1.807) is 13.2 Å². The van der Waals surface area contributed by atoms with Crippen molar-refractivity contribution in [2.75, 3.05) is 13.8 Å². The van der Waals surface area contributed by atoms with Crippen molar-refractivity contribution in [3.63, 3.8) is 0 Å². The highest BCUT2D eigenvalue weighted by molar-refractivity contribution is 6.32. The molecule has 0 fully saturated rings. The van der Waals surface area contributed by atoms with Crippen LogP contribution in [0.25, 0.3) is 5.57 Å². The number of allylic oxidation sites excluding steroid dienone is 2. The number of halogens is 2. The van der Waals surface area contributed by atoms with E-state index in [0.29, 0.717) is 23.6 Å². The van der Waals surface area contributed by atoms with Crippen LogP contribution in [0.3, 0.4) is 0 Å². The Labute approximate surface area is 122 Å². The molecule has 0 spiro atoms. The molecule has 0 radical (unpaired) electrons. The molecule has 1 aromatic carbocycles. The largest absolute Gasteiger partial charge is 0.495 e. The fourth-order valence-corrected chi connectivity index (χ4v) is 3.71. The van der Waals surface area contributed by atoms with Crippen molar-refractivity contribution in [1.82, 2.24) is 0 Å². The Morgan fingerprint density at radius 2 is 2.25 bits per heavy atom. The summed E-state index contributed by atoms with van der Waals surface area (Å²) < 4.78 is 18.2. The maximum atomic E-state index is 13.0. The predicted octanol–water partition coefficient (Wildman–Crippen LogP) is 4.00. The topological polar surface area (TPSA) is 26.3 Å². The van der Waals surface area contributed by atoms with Gasteiger partial charge < -0.3 is 4.74 Å². The van der Waals surface area contributed by atoms with Crippen LogP contribution in [0, 0.1) is 5.41 Å². The first kappa shape index (κ1) is 13.6. The molecule has 0 aromatic heterocycles. The molecular weight excluding hydrogens is 279 g/mol. The molecule has 1 atom stereocenters. The highest BCUT2D eigenvalue weighted by Gasteiger charge is 2.44. The third kappa shape index (κ3) is 1.96. The number of ketones is 1. The molecule has 1 aromatic rings. The summed E-state index contributed by atoms with van der Waals surface area (Å²) in [5.41, 5.74) is 2.81. The van der Waals surface area contributed by atoms with Crippen LogP contribution < -0.4 is 4.74 Å². The van der Waals surface area contributed by atoms with Crippen LogP contribution in [0.15, 0.2) is 18.2 Å². The lowest BCUT2D eigenvalue weighted by atomic mass is 9.71. The van der Waals surface area contributed by atoms with Crippen molar-refractivity contribution in [3.05, 3.63) is 34.4 Å². The number of rotatable bonds is 3. The van der Waals surface area contributed by atoms with E-state index in [1.807, 2.05) is 12.1 Å². The highest BCUT2D eigenvalue weighted by Crippen LogP contribution is 2.55. The van der Waals surface area contributed by atoms with Crippen LogP contribution in [0.2, 0.25) is 5.02 Å². The van der Waals surface area contributed by atoms with Gasteiger partial charge in [0.05, 0.1) is 18.8 Å². The summed E-state index contributed by atoms with van der Waals surface area (Å²) >= 11 is 6.19. The maximum Gasteiger partial charge on any atom is 0.156 e. The van der Waals surface area contributed by atoms with Crippen molar-refractivity contribution in [3.8, 4) is 5.75 Å². The number of ether oxygens (including phenoxy) is 1. The Bertz CT molecular complexity index is 609. The molecule has 0 amide bonds. The molecule has 4 heteroatoms. The Balaban J connectivity index is 2.15. The van der Waals surface area contributed by atoms with Crippen LogP contribution in [0.4, 0.5) is 4.39 Å². The van der Waals surface area contributed by atoms with Gasteiger partial charge in [0.2, 0.25) is 0 Å². The number of methoxy groups -OCH3 is 1. The SMILES string of the molecule is COc1cc2c(cc1Cl)C1=CC(=O)CC[C@@]1(CCF)C2. The number of benzene rings is 1. The zero-order chi connectivity index (χ0) is 14.3. The lowest BCUT2D eigenvalue weighted by Crippen LogP contribution is -2.26. The van der Waals surface area contributed by atoms with Crippen molar-refractivity contribution >= 4 is 23.0 Å². The first-order valence-electron chi connectivity index (χ1n) is 6.77. The van der Waals surface area contributed by atoms with E-state index in [0.717, 1.165) is 29.5 Å². The van der Waals surface area contributed by atoms with E-state index in [9.17, 15) is 9.18 Å². The van der Waals surface area contributed by atoms with Gasteiger partial charge in [-0.25, -0.2) is 0 Å². The van der Waals surface area contributed by atoms with Crippen molar-refractivity contribution in [2.45, 2.75) is 25.7 Å². The van der Waals surface area contributed by atoms with Crippen LogP contribution in [-0.4, -0.2) is 19.6 Å². The van der Waals surface area contributed by atoms with Gasteiger partial charge in [-0.3, -0.25) is 9.18 Å². The van der Waals surface area contributed by atoms with Crippen LogP contribution in [0.1, 0.15) is 30.4 Å². The first-order valence-corrected chi connectivity index (χ1v) is 7.15. The van der Waals surface area contributed by atoms with Crippen LogP contribution in [-0.2, 0) is 11.2 Å². The van der Waals surface area contributed by atoms with E-state index in [4.69, 9.17) is 16.3 Å². The molecule has 20 heavy (non-hydrogen) atoms. The molecule has 2 aliphatic carbocycles. The van der Waals surface area contributed by atoms with Gasteiger partial charge in [0.25, 0.3) is 0 Å². The van der Waals surface area contributed by atoms with Gasteiger partial charge >= 0.3 is 0 Å². The average Bonchev–Trinajstić information content (AvgIpc) is 2.72. The molecule has 0 saturated heterocycles. The summed E-state index contributed by atoms with van der Waals surface area (Å²) in [7, 11) is 1.58. The number of alkyl halides is 1. The first-order chi connectivity index (χ1) is 9.59. The minimum absolute atomic E-state index is 0.120. The second-order valence-electron chi connectivity index (χ2n) is 5.56. The van der Waals surface area contributed by atoms with Gasteiger partial charge in [0, 0.05) is 11.8 Å². The third-order valence-electron chi connectivity index (χ3n) is 4.50. The molecule has 0 unspecified atom stereocenters. The zero-order valence-electron chi connectivity index (χ0n) is 11.3. The second kappa shape index (κ2) is 4.88. The highest BCUT2D eigenvalue weighted by atomic mass is 35.5. The Kier molecular flexibility index (Phi) is 3.33. The van der Waals surface area contributed by atoms with Gasteiger partial charge in [0.1, 0.15) is 5.75 Å². The van der Waals surface area contributed by atoms with E-state index in [2.05, 4.69) is 0 Å². The van der Waals surface area contributed by atoms with E-state index >= 15 is 0 Å². The minimum atomic E-state index is -0.371. The third-order valence-corrected chi connectivity index (χ3v) is 4.79. The van der Waals surface area contributed by atoms with Crippen molar-refractivity contribution in [2.24, 2.45) is 5.41 Å². The average molecular weight is 295 g/mol. The maximum absolute atomic E-state index is 13.0. The smallest absolute Gasteiger partial charge is 0.156 e. The summed E-state index contributed by atoms with van der Waals surface area (Å²) in [6.07, 6.45) is 4.13. The Morgan fingerprint density at radius 1 is 1.45 bits per heavy atom. The molecule has 0 aliphatic heterocycles. The molecule has 0 saturated carbocycles. The molecule has 2 aliphatic rings. The number of fused-ring (bicyclic) bond motifs is 3. The monoisotopic (exact) mass is 294 g/mol. The lowest BCUT2D eigenvalue weighted by Gasteiger charge is -2.32. The molecule has 3 rings (SSSR count).